The van der Waals surface area contributed by atoms with Crippen molar-refractivity contribution in [3.63, 3.8) is 0 Å². The molecular formula is C15H20O3. The third kappa shape index (κ3) is 3.91. The fraction of sp³-hybridized carbons (Fsp3) is 0.400. The predicted octanol–water partition coefficient (Wildman–Crippen LogP) is 3.48. The van der Waals surface area contributed by atoms with E-state index in [4.69, 9.17) is 9.84 Å². The molecule has 0 saturated heterocycles. The van der Waals surface area contributed by atoms with Crippen LogP contribution >= 0.6 is 0 Å². The van der Waals surface area contributed by atoms with Crippen LogP contribution in [0.4, 0.5) is 0 Å². The molecule has 3 heteroatoms. The third-order valence-electron chi connectivity index (χ3n) is 2.63. The molecule has 0 fully saturated rings. The minimum absolute atomic E-state index is 0.0119. The van der Waals surface area contributed by atoms with Gasteiger partial charge in [0.25, 0.3) is 0 Å². The summed E-state index contributed by atoms with van der Waals surface area (Å²) in [4.78, 5) is 10.4. The van der Waals surface area contributed by atoms with Crippen LogP contribution in [0.25, 0.3) is 6.08 Å². The molecule has 1 N–H and O–H groups in total. The molecule has 0 atom stereocenters. The van der Waals surface area contributed by atoms with Crippen molar-refractivity contribution in [3.05, 3.63) is 35.4 Å². The lowest BCUT2D eigenvalue weighted by Gasteiger charge is -2.22. The van der Waals surface area contributed by atoms with Crippen LogP contribution < -0.4 is 4.74 Å². The van der Waals surface area contributed by atoms with Crippen molar-refractivity contribution in [1.82, 2.24) is 0 Å². The van der Waals surface area contributed by atoms with Gasteiger partial charge in [0.15, 0.2) is 0 Å². The van der Waals surface area contributed by atoms with Crippen molar-refractivity contribution in [2.45, 2.75) is 32.6 Å². The van der Waals surface area contributed by atoms with E-state index in [0.29, 0.717) is 0 Å². The quantitative estimate of drug-likeness (QED) is 0.887. The summed E-state index contributed by atoms with van der Waals surface area (Å²) in [5.41, 5.74) is 2.09. The van der Waals surface area contributed by atoms with Gasteiger partial charge in [-0.3, -0.25) is 4.79 Å². The summed E-state index contributed by atoms with van der Waals surface area (Å²) in [5, 5.41) is 8.59. The largest absolute Gasteiger partial charge is 0.496 e. The lowest BCUT2D eigenvalue weighted by atomic mass is 9.85. The molecule has 0 saturated carbocycles. The standard InChI is InChI=1S/C15H20O3/c1-15(2,3)12-10-11(6-5-7-14(16)17)8-9-13(12)18-4/h5-6,8-10H,7H2,1-4H3,(H,16,17)/b6-5+. The topological polar surface area (TPSA) is 46.5 Å². The SMILES string of the molecule is COc1ccc(/C=C/CC(=O)O)cc1C(C)(C)C. The Morgan fingerprint density at radius 1 is 1.39 bits per heavy atom. The van der Waals surface area contributed by atoms with E-state index < -0.39 is 5.97 Å². The van der Waals surface area contributed by atoms with Crippen LogP contribution in [-0.4, -0.2) is 18.2 Å². The van der Waals surface area contributed by atoms with E-state index in [9.17, 15) is 4.79 Å². The molecule has 0 aliphatic rings. The first-order chi connectivity index (χ1) is 8.34. The van der Waals surface area contributed by atoms with Crippen LogP contribution in [0.1, 0.15) is 38.3 Å². The van der Waals surface area contributed by atoms with Gasteiger partial charge >= 0.3 is 5.97 Å². The van der Waals surface area contributed by atoms with Gasteiger partial charge in [0.1, 0.15) is 5.75 Å². The minimum atomic E-state index is -0.823. The second kappa shape index (κ2) is 5.71. The maximum absolute atomic E-state index is 10.4. The Kier molecular flexibility index (Phi) is 4.54. The highest BCUT2D eigenvalue weighted by atomic mass is 16.5. The number of aliphatic carboxylic acids is 1. The lowest BCUT2D eigenvalue weighted by molar-refractivity contribution is -0.135. The van der Waals surface area contributed by atoms with E-state index in [1.807, 2.05) is 24.3 Å². The summed E-state index contributed by atoms with van der Waals surface area (Å²) in [5.74, 6) is 0.0358. The summed E-state index contributed by atoms with van der Waals surface area (Å²) in [7, 11) is 1.66. The van der Waals surface area contributed by atoms with Crippen LogP contribution in [-0.2, 0) is 10.2 Å². The number of carboxylic acid groups (broad SMARTS) is 1. The van der Waals surface area contributed by atoms with Crippen molar-refractivity contribution in [2.75, 3.05) is 7.11 Å². The number of rotatable bonds is 4. The van der Waals surface area contributed by atoms with Crippen LogP contribution in [0.3, 0.4) is 0 Å². The van der Waals surface area contributed by atoms with E-state index in [-0.39, 0.29) is 11.8 Å². The summed E-state index contributed by atoms with van der Waals surface area (Å²) < 4.78 is 5.35. The van der Waals surface area contributed by atoms with Gasteiger partial charge in [-0.2, -0.15) is 0 Å². The summed E-state index contributed by atoms with van der Waals surface area (Å²) in [6.45, 7) is 6.36. The van der Waals surface area contributed by atoms with Crippen LogP contribution in [0.15, 0.2) is 24.3 Å². The maximum Gasteiger partial charge on any atom is 0.307 e. The Balaban J connectivity index is 3.03. The van der Waals surface area contributed by atoms with Gasteiger partial charge in [-0.25, -0.2) is 0 Å². The van der Waals surface area contributed by atoms with Crippen molar-refractivity contribution < 1.29 is 14.6 Å². The summed E-state index contributed by atoms with van der Waals surface area (Å²) in [6, 6.07) is 5.88. The molecule has 0 bridgehead atoms. The molecule has 0 aromatic heterocycles. The van der Waals surface area contributed by atoms with Gasteiger partial charge in [-0.05, 0) is 23.1 Å². The summed E-state index contributed by atoms with van der Waals surface area (Å²) in [6.07, 6.45) is 3.51. The predicted molar refractivity (Wildman–Crippen MR) is 73.0 cm³/mol. The second-order valence-corrected chi connectivity index (χ2v) is 5.21. The molecule has 0 spiro atoms. The third-order valence-corrected chi connectivity index (χ3v) is 2.63. The Morgan fingerprint density at radius 2 is 2.06 bits per heavy atom. The molecule has 98 valence electrons. The Labute approximate surface area is 108 Å². The van der Waals surface area contributed by atoms with Crippen LogP contribution in [0.2, 0.25) is 0 Å². The van der Waals surface area contributed by atoms with Gasteiger partial charge < -0.3 is 9.84 Å². The van der Waals surface area contributed by atoms with E-state index in [0.717, 1.165) is 16.9 Å². The van der Waals surface area contributed by atoms with E-state index >= 15 is 0 Å². The second-order valence-electron chi connectivity index (χ2n) is 5.21. The van der Waals surface area contributed by atoms with Crippen LogP contribution in [0, 0.1) is 0 Å². The van der Waals surface area contributed by atoms with Gasteiger partial charge in [-0.15, -0.1) is 0 Å². The molecule has 1 aromatic rings. The Bertz CT molecular complexity index is 453. The number of carboxylic acids is 1. The normalized spacial score (nSPS) is 11.8. The highest BCUT2D eigenvalue weighted by molar-refractivity contribution is 5.70. The molecule has 0 amide bonds. The zero-order valence-electron chi connectivity index (χ0n) is 11.4. The number of methoxy groups -OCH3 is 1. The van der Waals surface area contributed by atoms with Gasteiger partial charge in [-0.1, -0.05) is 39.0 Å². The number of benzene rings is 1. The molecule has 1 aromatic carbocycles. The number of hydrogen-bond acceptors (Lipinski definition) is 2. The fourth-order valence-electron chi connectivity index (χ4n) is 1.71. The van der Waals surface area contributed by atoms with E-state index in [1.165, 1.54) is 0 Å². The first kappa shape index (κ1) is 14.3. The van der Waals surface area contributed by atoms with E-state index in [2.05, 4.69) is 20.8 Å². The Morgan fingerprint density at radius 3 is 2.56 bits per heavy atom. The molecule has 0 unspecified atom stereocenters. The number of carbonyl (C=O) groups is 1. The maximum atomic E-state index is 10.4. The van der Waals surface area contributed by atoms with Crippen molar-refractivity contribution >= 4 is 12.0 Å². The molecule has 0 aliphatic carbocycles. The van der Waals surface area contributed by atoms with Crippen molar-refractivity contribution in [1.29, 1.82) is 0 Å². The Hall–Kier alpha value is -1.77. The smallest absolute Gasteiger partial charge is 0.307 e. The number of hydrogen-bond donors (Lipinski definition) is 1. The lowest BCUT2D eigenvalue weighted by Crippen LogP contribution is -2.12. The molecular weight excluding hydrogens is 228 g/mol. The molecule has 1 rings (SSSR count). The van der Waals surface area contributed by atoms with Gasteiger partial charge in [0, 0.05) is 5.56 Å². The monoisotopic (exact) mass is 248 g/mol. The summed E-state index contributed by atoms with van der Waals surface area (Å²) >= 11 is 0. The number of ether oxygens (including phenoxy) is 1. The molecule has 18 heavy (non-hydrogen) atoms. The van der Waals surface area contributed by atoms with Crippen molar-refractivity contribution in [3.8, 4) is 5.75 Å². The highest BCUT2D eigenvalue weighted by Crippen LogP contribution is 2.32. The molecule has 3 nitrogen and oxygen atoms in total. The molecule has 0 heterocycles. The first-order valence-electron chi connectivity index (χ1n) is 5.91. The molecule has 0 radical (unpaired) electrons. The highest BCUT2D eigenvalue weighted by Gasteiger charge is 2.18. The zero-order chi connectivity index (χ0) is 13.8. The zero-order valence-corrected chi connectivity index (χ0v) is 11.4. The molecule has 0 aliphatic heterocycles. The fourth-order valence-corrected chi connectivity index (χ4v) is 1.71. The average Bonchev–Trinajstić information content (AvgIpc) is 2.27. The van der Waals surface area contributed by atoms with Crippen molar-refractivity contribution in [2.24, 2.45) is 0 Å². The van der Waals surface area contributed by atoms with Gasteiger partial charge in [0.2, 0.25) is 0 Å². The first-order valence-corrected chi connectivity index (χ1v) is 5.91. The van der Waals surface area contributed by atoms with Crippen LogP contribution in [0.5, 0.6) is 5.75 Å². The van der Waals surface area contributed by atoms with E-state index in [1.54, 1.807) is 13.2 Å². The minimum Gasteiger partial charge on any atom is -0.496 e. The average molecular weight is 248 g/mol. The van der Waals surface area contributed by atoms with Gasteiger partial charge in [0.05, 0.1) is 13.5 Å².